The number of rotatable bonds is 17. The van der Waals surface area contributed by atoms with Gasteiger partial charge in [0.2, 0.25) is 0 Å². The van der Waals surface area contributed by atoms with Gasteiger partial charge >= 0.3 is 0 Å². The minimum atomic E-state index is -0.285. The average molecular weight is 1350 g/mol. The van der Waals surface area contributed by atoms with E-state index in [0.29, 0.717) is 57.9 Å². The largest absolute Gasteiger partial charge is 0.326 e. The van der Waals surface area contributed by atoms with Gasteiger partial charge < -0.3 is 24.3 Å². The maximum atomic E-state index is 13.6. The highest BCUT2D eigenvalue weighted by Gasteiger charge is 2.36. The van der Waals surface area contributed by atoms with E-state index in [0.717, 1.165) is 148 Å². The van der Waals surface area contributed by atoms with Crippen LogP contribution >= 0.6 is 34.8 Å². The van der Waals surface area contributed by atoms with Gasteiger partial charge in [0.05, 0.1) is 53.9 Å². The molecule has 0 aliphatic carbocycles. The molecule has 0 bridgehead atoms. The minimum absolute atomic E-state index is 0.107. The fraction of sp³-hybridized carbons (Fsp3) is 0.329. The third-order valence-corrected chi connectivity index (χ3v) is 20.1. The van der Waals surface area contributed by atoms with Crippen LogP contribution in [0.1, 0.15) is 143 Å². The van der Waals surface area contributed by atoms with Gasteiger partial charge in [0, 0.05) is 95.2 Å². The minimum Gasteiger partial charge on any atom is -0.326 e. The summed E-state index contributed by atoms with van der Waals surface area (Å²) in [7, 11) is 4.14. The summed E-state index contributed by atoms with van der Waals surface area (Å²) < 4.78 is 6.42. The van der Waals surface area contributed by atoms with E-state index >= 15 is 0 Å². The zero-order valence-electron chi connectivity index (χ0n) is 55.6. The van der Waals surface area contributed by atoms with Crippen LogP contribution in [-0.4, -0.2) is 140 Å². The number of carbonyl (C=O) groups excluding carboxylic acids is 5. The van der Waals surface area contributed by atoms with E-state index in [1.165, 1.54) is 55.4 Å². The Bertz CT molecular complexity index is 4500. The predicted octanol–water partition coefficient (Wildman–Crippen LogP) is 16.1. The van der Waals surface area contributed by atoms with Crippen LogP contribution in [0.4, 0.5) is 0 Å². The molecule has 14 rings (SSSR count). The Morgan fingerprint density at radius 1 is 0.417 bits per heavy atom. The van der Waals surface area contributed by atoms with Crippen LogP contribution in [0.2, 0.25) is 15.1 Å². The molecular weight excluding hydrogens is 1260 g/mol. The Hall–Kier alpha value is -8.02. The summed E-state index contributed by atoms with van der Waals surface area (Å²) in [4.78, 5) is 76.6. The number of fused-ring (bicyclic) bond motifs is 4. The molecule has 0 spiro atoms. The Morgan fingerprint density at radius 3 is 1.06 bits per heavy atom. The number of hydrogen-bond acceptors (Lipinski definition) is 10. The molecule has 3 aromatic heterocycles. The third-order valence-electron chi connectivity index (χ3n) is 19.3. The Balaban J connectivity index is 0.000000140. The zero-order chi connectivity index (χ0) is 67.3. The van der Waals surface area contributed by atoms with E-state index in [2.05, 4.69) is 78.6 Å². The number of amides is 2. The molecule has 96 heavy (non-hydrogen) atoms. The van der Waals surface area contributed by atoms with Crippen molar-refractivity contribution in [1.82, 2.24) is 38.2 Å². The van der Waals surface area contributed by atoms with E-state index in [4.69, 9.17) is 40.5 Å². The first-order chi connectivity index (χ1) is 46.4. The van der Waals surface area contributed by atoms with Gasteiger partial charge in [-0.05, 0) is 232 Å². The predicted molar refractivity (Wildman–Crippen MR) is 389 cm³/mol. The zero-order valence-corrected chi connectivity index (χ0v) is 57.9. The van der Waals surface area contributed by atoms with Crippen LogP contribution in [-0.2, 0) is 19.6 Å². The molecule has 4 aliphatic heterocycles. The highest BCUT2D eigenvalue weighted by molar-refractivity contribution is 6.31. The van der Waals surface area contributed by atoms with Crippen LogP contribution in [0.25, 0.3) is 49.8 Å². The second kappa shape index (κ2) is 30.2. The van der Waals surface area contributed by atoms with Gasteiger partial charge in [0.25, 0.3) is 11.8 Å². The molecule has 0 radical (unpaired) electrons. The lowest BCUT2D eigenvalue weighted by Crippen LogP contribution is -2.34. The Morgan fingerprint density at radius 2 is 0.729 bits per heavy atom. The van der Waals surface area contributed by atoms with Crippen molar-refractivity contribution in [3.8, 4) is 17.1 Å². The van der Waals surface area contributed by atoms with Crippen molar-refractivity contribution in [2.24, 2.45) is 5.73 Å². The molecule has 14 nitrogen and oxygen atoms in total. The van der Waals surface area contributed by atoms with Crippen LogP contribution < -0.4 is 5.73 Å². The van der Waals surface area contributed by atoms with Gasteiger partial charge in [-0.1, -0.05) is 103 Å². The maximum absolute atomic E-state index is 13.6. The van der Waals surface area contributed by atoms with E-state index in [-0.39, 0.29) is 35.7 Å². The standard InChI is InChI=1S/C31H28ClN3O3.C25H30ClN3O.C23H26ClN3O/c1-20-29(28(36)19-33-15-5-2-6-16-33)26-14-9-21(17-27(26)35(20)23-12-10-22(32)11-13-23)18-34-30(37)24-7-3-4-8-25(24)31(34)38;1-18-25(24(30)17-28-13-5-4-6-14-28)22-12-7-19(16-27(2)3)15-23(22)29(18)21-10-8-20(26)9-11-21;1-16-23(22(28)15-26-11-3-2-4-12-26)20-10-5-17(14-25)13-21(20)27(16)19-8-6-18(24)7-9-19/h3-4,7-14,17H,2,5-6,15-16,18-19H2,1H3;7-12,15H,4-6,13-14,16-17H2,1-3H3;5-10,13H,2-4,11-12,14-15,25H2,1H3. The Kier molecular flexibility index (Phi) is 21.4. The van der Waals surface area contributed by atoms with Crippen molar-refractivity contribution in [2.45, 2.75) is 98.2 Å². The van der Waals surface area contributed by atoms with Gasteiger partial charge in [-0.25, -0.2) is 0 Å². The van der Waals surface area contributed by atoms with Crippen molar-refractivity contribution in [1.29, 1.82) is 0 Å². The van der Waals surface area contributed by atoms with Gasteiger partial charge in [-0.3, -0.25) is 43.6 Å². The van der Waals surface area contributed by atoms with Gasteiger partial charge in [0.15, 0.2) is 17.3 Å². The first kappa shape index (κ1) is 67.9. The molecule has 7 heterocycles. The fourth-order valence-electron chi connectivity index (χ4n) is 14.7. The monoisotopic (exact) mass is 1340 g/mol. The highest BCUT2D eigenvalue weighted by Crippen LogP contribution is 2.36. The number of hydrogen-bond donors (Lipinski definition) is 1. The highest BCUT2D eigenvalue weighted by atomic mass is 35.5. The van der Waals surface area contributed by atoms with Crippen molar-refractivity contribution >= 4 is 96.7 Å². The number of Topliss-reactive ketones (excluding diaryl/α,β-unsaturated/α-hetero) is 3. The molecule has 0 unspecified atom stereocenters. The SMILES string of the molecule is Cc1c(C(=O)CN2CCCCC2)c2ccc(CN(C)C)cc2n1-c1ccc(Cl)cc1.Cc1c(C(=O)CN2CCCCC2)c2ccc(CN)cc2n1-c1ccc(Cl)cc1.Cc1c(C(=O)CN2CCCCC2)c2ccc(CN3C(=O)c4ccccc4C3=O)cc2n1-c1ccc(Cl)cc1. The van der Waals surface area contributed by atoms with Gasteiger partial charge in [-0.15, -0.1) is 0 Å². The number of nitrogens with two attached hydrogens (primary N) is 1. The Labute approximate surface area is 577 Å². The summed E-state index contributed by atoms with van der Waals surface area (Å²) in [5, 5.41) is 4.93. The van der Waals surface area contributed by atoms with Crippen LogP contribution in [0, 0.1) is 20.8 Å². The second-order valence-corrected chi connectivity index (χ2v) is 27.6. The number of imide groups is 1. The summed E-state index contributed by atoms with van der Waals surface area (Å²) in [5.41, 5.74) is 20.9. The van der Waals surface area contributed by atoms with Crippen molar-refractivity contribution in [3.63, 3.8) is 0 Å². The van der Waals surface area contributed by atoms with E-state index in [1.807, 2.05) is 117 Å². The quantitative estimate of drug-likeness (QED) is 0.0691. The summed E-state index contributed by atoms with van der Waals surface area (Å²) in [6.45, 7) is 14.9. The second-order valence-electron chi connectivity index (χ2n) is 26.3. The van der Waals surface area contributed by atoms with Crippen LogP contribution in [0.3, 0.4) is 0 Å². The summed E-state index contributed by atoms with van der Waals surface area (Å²) in [6.07, 6.45) is 10.7. The summed E-state index contributed by atoms with van der Waals surface area (Å²) in [6, 6.07) is 48.5. The number of aromatic nitrogens is 3. The van der Waals surface area contributed by atoms with E-state index in [9.17, 15) is 24.0 Å². The lowest BCUT2D eigenvalue weighted by Gasteiger charge is -2.25. The summed E-state index contributed by atoms with van der Waals surface area (Å²) >= 11 is 18.4. The van der Waals surface area contributed by atoms with E-state index in [1.54, 1.807) is 24.3 Å². The molecule has 10 aromatic rings. The number of piperidine rings is 3. The average Bonchev–Trinajstić information content (AvgIpc) is 1.62. The number of likely N-dealkylation sites (tertiary alicyclic amines) is 3. The number of benzene rings is 7. The fourth-order valence-corrected chi connectivity index (χ4v) is 15.0. The maximum Gasteiger partial charge on any atom is 0.261 e. The summed E-state index contributed by atoms with van der Waals surface area (Å²) in [5.74, 6) is -0.0555. The molecule has 3 fully saturated rings. The van der Waals surface area contributed by atoms with Crippen molar-refractivity contribution in [3.05, 3.63) is 228 Å². The number of ketones is 3. The molecule has 4 aliphatic rings. The smallest absolute Gasteiger partial charge is 0.261 e. The lowest BCUT2D eigenvalue weighted by molar-refractivity contribution is 0.0641. The van der Waals surface area contributed by atoms with Crippen molar-refractivity contribution < 1.29 is 24.0 Å². The lowest BCUT2D eigenvalue weighted by atomic mass is 10.0. The molecule has 2 N–H and O–H groups in total. The van der Waals surface area contributed by atoms with Crippen LogP contribution in [0.15, 0.2) is 152 Å². The first-order valence-electron chi connectivity index (χ1n) is 33.7. The number of carbonyl (C=O) groups is 5. The molecule has 496 valence electrons. The molecule has 2 amide bonds. The van der Waals surface area contributed by atoms with E-state index < -0.39 is 0 Å². The molecular formula is C79H84Cl3N9O5. The molecule has 0 atom stereocenters. The number of halogens is 3. The molecule has 7 aromatic carbocycles. The molecule has 0 saturated carbocycles. The van der Waals surface area contributed by atoms with Crippen LogP contribution in [0.5, 0.6) is 0 Å². The van der Waals surface area contributed by atoms with Gasteiger partial charge in [0.1, 0.15) is 0 Å². The topological polar surface area (TPSA) is 142 Å². The van der Waals surface area contributed by atoms with Gasteiger partial charge in [-0.2, -0.15) is 0 Å². The normalized spacial score (nSPS) is 15.5. The number of nitrogens with zero attached hydrogens (tertiary/aromatic N) is 8. The first-order valence-corrected chi connectivity index (χ1v) is 34.8. The molecule has 17 heteroatoms. The molecule has 3 saturated heterocycles. The van der Waals surface area contributed by atoms with Crippen molar-refractivity contribution in [2.75, 3.05) is 73.0 Å². The third kappa shape index (κ3) is 14.6.